The summed E-state index contributed by atoms with van der Waals surface area (Å²) in [4.78, 5) is 34.4. The first-order valence-corrected chi connectivity index (χ1v) is 6.63. The van der Waals surface area contributed by atoms with Crippen molar-refractivity contribution in [2.45, 2.75) is 46.1 Å². The van der Waals surface area contributed by atoms with Gasteiger partial charge in [-0.05, 0) is 33.6 Å². The van der Waals surface area contributed by atoms with Crippen molar-refractivity contribution in [1.29, 1.82) is 0 Å². The molecule has 0 radical (unpaired) electrons. The number of hydrogen-bond donors (Lipinski definition) is 1. The summed E-state index contributed by atoms with van der Waals surface area (Å²) in [5.74, 6) is -0.661. The molecule has 1 N–H and O–H groups in total. The predicted molar refractivity (Wildman–Crippen MR) is 70.4 cm³/mol. The average molecular weight is 286 g/mol. The van der Waals surface area contributed by atoms with Gasteiger partial charge in [0.05, 0.1) is 6.54 Å². The predicted octanol–water partition coefficient (Wildman–Crippen LogP) is 1.23. The normalized spacial score (nSPS) is 14.4. The van der Waals surface area contributed by atoms with Gasteiger partial charge in [-0.25, -0.2) is 15.2 Å². The Morgan fingerprint density at radius 1 is 1.25 bits per heavy atom. The van der Waals surface area contributed by atoms with Crippen molar-refractivity contribution in [3.05, 3.63) is 0 Å². The zero-order valence-electron chi connectivity index (χ0n) is 12.4. The van der Waals surface area contributed by atoms with Gasteiger partial charge >= 0.3 is 12.1 Å². The molecule has 1 fully saturated rings. The Morgan fingerprint density at radius 3 is 2.30 bits per heavy atom. The van der Waals surface area contributed by atoms with Gasteiger partial charge in [0.25, 0.3) is 0 Å². The molecule has 2 amide bonds. The summed E-state index contributed by atoms with van der Waals surface area (Å²) < 4.78 is 9.87. The van der Waals surface area contributed by atoms with Gasteiger partial charge in [0, 0.05) is 12.8 Å². The second-order valence-corrected chi connectivity index (χ2v) is 5.72. The molecule has 0 spiro atoms. The maximum absolute atomic E-state index is 12.0. The highest BCUT2D eigenvalue weighted by Crippen LogP contribution is 2.30. The van der Waals surface area contributed by atoms with Crippen LogP contribution in [0.15, 0.2) is 0 Å². The molecule has 1 rings (SSSR count). The minimum absolute atomic E-state index is 0.0313. The van der Waals surface area contributed by atoms with Crippen LogP contribution in [0.25, 0.3) is 0 Å². The van der Waals surface area contributed by atoms with E-state index in [1.807, 2.05) is 0 Å². The average Bonchev–Trinajstić information content (AvgIpc) is 3.07. The zero-order chi connectivity index (χ0) is 15.3. The van der Waals surface area contributed by atoms with Crippen molar-refractivity contribution < 1.29 is 23.9 Å². The van der Waals surface area contributed by atoms with Gasteiger partial charge in [-0.3, -0.25) is 9.59 Å². The number of nitrogens with one attached hydrogen (secondary N) is 1. The van der Waals surface area contributed by atoms with Gasteiger partial charge in [0.2, 0.25) is 5.91 Å². The van der Waals surface area contributed by atoms with Gasteiger partial charge in [0.15, 0.2) is 0 Å². The number of carbonyl (C=O) groups is 3. The Bertz CT molecular complexity index is 385. The van der Waals surface area contributed by atoms with E-state index in [1.54, 1.807) is 20.8 Å². The fraction of sp³-hybridized carbons (Fsp3) is 0.769. The standard InChI is InChI=1S/C13H22N2O5/c1-9(16)19-8-7-15(11(17)10-5-6-10)14-12(18)20-13(2,3)4/h10H,5-8H2,1-4H3,(H,14,18). The van der Waals surface area contributed by atoms with Gasteiger partial charge in [0.1, 0.15) is 12.2 Å². The molecule has 0 bridgehead atoms. The first-order chi connectivity index (χ1) is 9.19. The quantitative estimate of drug-likeness (QED) is 0.620. The molecule has 0 saturated heterocycles. The Balaban J connectivity index is 2.51. The SMILES string of the molecule is CC(=O)OCCN(NC(=O)OC(C)(C)C)C(=O)C1CC1. The van der Waals surface area contributed by atoms with Crippen molar-refractivity contribution in [1.82, 2.24) is 10.4 Å². The number of hydrogen-bond acceptors (Lipinski definition) is 5. The molecule has 0 heterocycles. The largest absolute Gasteiger partial charge is 0.464 e. The zero-order valence-corrected chi connectivity index (χ0v) is 12.4. The van der Waals surface area contributed by atoms with Crippen molar-refractivity contribution in [2.24, 2.45) is 5.92 Å². The third-order valence-corrected chi connectivity index (χ3v) is 2.44. The molecule has 7 heteroatoms. The van der Waals surface area contributed by atoms with Crippen LogP contribution in [0.1, 0.15) is 40.5 Å². The monoisotopic (exact) mass is 286 g/mol. The molecule has 0 aliphatic heterocycles. The third kappa shape index (κ3) is 6.40. The van der Waals surface area contributed by atoms with E-state index >= 15 is 0 Å². The number of ether oxygens (including phenoxy) is 2. The summed E-state index contributed by atoms with van der Waals surface area (Å²) in [7, 11) is 0. The van der Waals surface area contributed by atoms with Gasteiger partial charge in [-0.15, -0.1) is 0 Å². The fourth-order valence-electron chi connectivity index (χ4n) is 1.46. The lowest BCUT2D eigenvalue weighted by Gasteiger charge is -2.26. The van der Waals surface area contributed by atoms with Crippen molar-refractivity contribution in [3.8, 4) is 0 Å². The summed E-state index contributed by atoms with van der Waals surface area (Å²) in [5, 5.41) is 1.16. The second kappa shape index (κ2) is 6.58. The first-order valence-electron chi connectivity index (χ1n) is 6.63. The van der Waals surface area contributed by atoms with E-state index in [9.17, 15) is 14.4 Å². The topological polar surface area (TPSA) is 84.9 Å². The van der Waals surface area contributed by atoms with E-state index < -0.39 is 17.7 Å². The van der Waals surface area contributed by atoms with Gasteiger partial charge in [-0.2, -0.15) is 0 Å². The van der Waals surface area contributed by atoms with Crippen LogP contribution >= 0.6 is 0 Å². The summed E-state index contributed by atoms with van der Waals surface area (Å²) >= 11 is 0. The lowest BCUT2D eigenvalue weighted by molar-refractivity contribution is -0.145. The highest BCUT2D eigenvalue weighted by Gasteiger charge is 2.34. The molecular weight excluding hydrogens is 264 g/mol. The van der Waals surface area contributed by atoms with Crippen LogP contribution in [0.2, 0.25) is 0 Å². The number of amides is 2. The molecule has 1 aliphatic rings. The molecule has 7 nitrogen and oxygen atoms in total. The Kier molecular flexibility index (Phi) is 5.35. The first kappa shape index (κ1) is 16.3. The number of rotatable bonds is 4. The molecule has 114 valence electrons. The minimum atomic E-state index is -0.700. The Labute approximate surface area is 118 Å². The number of hydrazine groups is 1. The summed E-state index contributed by atoms with van der Waals surface area (Å²) in [6.45, 7) is 6.63. The molecule has 1 aliphatic carbocycles. The third-order valence-electron chi connectivity index (χ3n) is 2.44. The van der Waals surface area contributed by atoms with Crippen molar-refractivity contribution in [2.75, 3.05) is 13.2 Å². The Hall–Kier alpha value is -1.79. The van der Waals surface area contributed by atoms with Crippen LogP contribution in [-0.2, 0) is 19.1 Å². The van der Waals surface area contributed by atoms with E-state index in [0.717, 1.165) is 17.9 Å². The second-order valence-electron chi connectivity index (χ2n) is 5.72. The van der Waals surface area contributed by atoms with Crippen LogP contribution in [-0.4, -0.2) is 41.7 Å². The number of nitrogens with zero attached hydrogens (tertiary/aromatic N) is 1. The highest BCUT2D eigenvalue weighted by atomic mass is 16.6. The highest BCUT2D eigenvalue weighted by molar-refractivity contribution is 5.83. The molecule has 20 heavy (non-hydrogen) atoms. The fourth-order valence-corrected chi connectivity index (χ4v) is 1.46. The Morgan fingerprint density at radius 2 is 1.85 bits per heavy atom. The summed E-state index contributed by atoms with van der Waals surface area (Å²) in [5.41, 5.74) is 1.76. The van der Waals surface area contributed by atoms with Crippen LogP contribution in [0.5, 0.6) is 0 Å². The molecule has 0 atom stereocenters. The van der Waals surface area contributed by atoms with Gasteiger partial charge in [-0.1, -0.05) is 0 Å². The van der Waals surface area contributed by atoms with Crippen LogP contribution in [0.3, 0.4) is 0 Å². The van der Waals surface area contributed by atoms with Crippen LogP contribution in [0, 0.1) is 5.92 Å². The molecular formula is C13H22N2O5. The van der Waals surface area contributed by atoms with Crippen molar-refractivity contribution >= 4 is 18.0 Å². The van der Waals surface area contributed by atoms with Crippen molar-refractivity contribution in [3.63, 3.8) is 0 Å². The molecule has 0 unspecified atom stereocenters. The molecule has 0 aromatic heterocycles. The van der Waals surface area contributed by atoms with E-state index in [2.05, 4.69) is 5.43 Å². The summed E-state index contributed by atoms with van der Waals surface area (Å²) in [6.07, 6.45) is 0.937. The van der Waals surface area contributed by atoms with Gasteiger partial charge < -0.3 is 9.47 Å². The van der Waals surface area contributed by atoms with E-state index in [-0.39, 0.29) is 25.0 Å². The molecule has 0 aromatic carbocycles. The molecule has 0 aromatic rings. The number of carbonyl (C=O) groups excluding carboxylic acids is 3. The lowest BCUT2D eigenvalue weighted by atomic mass is 10.2. The maximum atomic E-state index is 12.0. The van der Waals surface area contributed by atoms with E-state index in [0.29, 0.717) is 0 Å². The van der Waals surface area contributed by atoms with Crippen LogP contribution in [0.4, 0.5) is 4.79 Å². The smallest absolute Gasteiger partial charge is 0.426 e. The van der Waals surface area contributed by atoms with E-state index in [4.69, 9.17) is 9.47 Å². The van der Waals surface area contributed by atoms with E-state index in [1.165, 1.54) is 6.92 Å². The maximum Gasteiger partial charge on any atom is 0.426 e. The lowest BCUT2D eigenvalue weighted by Crippen LogP contribution is -2.50. The van der Waals surface area contributed by atoms with Crippen LogP contribution < -0.4 is 5.43 Å². The number of esters is 1. The molecule has 1 saturated carbocycles. The minimum Gasteiger partial charge on any atom is -0.464 e. The summed E-state index contributed by atoms with van der Waals surface area (Å²) in [6, 6.07) is 0.